The molecule has 0 radical (unpaired) electrons. The smallest absolute Gasteiger partial charge is 0.490 e. The van der Waals surface area contributed by atoms with Crippen LogP contribution in [0.4, 0.5) is 24.7 Å². The number of alkyl halides is 3. The Hall–Kier alpha value is -4.98. The number of rotatable bonds is 12. The van der Waals surface area contributed by atoms with Crippen LogP contribution in [-0.4, -0.2) is 71.2 Å². The van der Waals surface area contributed by atoms with Gasteiger partial charge in [-0.25, -0.2) is 0 Å². The van der Waals surface area contributed by atoms with Gasteiger partial charge in [0.05, 0.1) is 0 Å². The Labute approximate surface area is 269 Å². The van der Waals surface area contributed by atoms with Crippen LogP contribution in [0, 0.1) is 10.1 Å². The first-order valence-corrected chi connectivity index (χ1v) is 15.4. The van der Waals surface area contributed by atoms with Crippen molar-refractivity contribution in [1.82, 2.24) is 14.5 Å². The van der Waals surface area contributed by atoms with Crippen molar-refractivity contribution < 1.29 is 37.0 Å². The summed E-state index contributed by atoms with van der Waals surface area (Å²) in [6.45, 7) is 5.75. The van der Waals surface area contributed by atoms with Gasteiger partial charge in [-0.05, 0) is 90.5 Å². The van der Waals surface area contributed by atoms with Crippen LogP contribution in [0.3, 0.4) is 0 Å². The lowest BCUT2D eigenvalue weighted by molar-refractivity contribution is -0.389. The van der Waals surface area contributed by atoms with Gasteiger partial charge in [0, 0.05) is 49.8 Å². The van der Waals surface area contributed by atoms with Gasteiger partial charge in [0.25, 0.3) is 0 Å². The van der Waals surface area contributed by atoms with Crippen LogP contribution in [0.25, 0.3) is 0 Å². The number of aryl methyl sites for hydroxylation is 2. The molecule has 4 aromatic rings. The summed E-state index contributed by atoms with van der Waals surface area (Å²) in [4.78, 5) is 19.2. The monoisotopic (exact) mass is 653 g/mol. The van der Waals surface area contributed by atoms with Crippen molar-refractivity contribution in [2.45, 2.75) is 38.3 Å². The topological polar surface area (TPSA) is 104 Å². The fourth-order valence-corrected chi connectivity index (χ4v) is 5.58. The highest BCUT2D eigenvalue weighted by atomic mass is 19.4. The van der Waals surface area contributed by atoms with Gasteiger partial charge in [-0.15, -0.1) is 13.2 Å². The third-order valence-electron chi connectivity index (χ3n) is 8.04. The fraction of sp³-hybridized carbons (Fsp3) is 0.364. The minimum atomic E-state index is -4.73. The minimum absolute atomic E-state index is 0.217. The third kappa shape index (κ3) is 8.85. The van der Waals surface area contributed by atoms with E-state index in [1.807, 2.05) is 36.4 Å². The number of fused-ring (bicyclic) bond motifs is 1. The molecular formula is C33H34F3N5O6. The zero-order chi connectivity index (χ0) is 32.8. The van der Waals surface area contributed by atoms with Crippen LogP contribution in [0.1, 0.15) is 18.4 Å². The molecule has 0 saturated carbocycles. The summed E-state index contributed by atoms with van der Waals surface area (Å²) in [5.41, 5.74) is 2.34. The van der Waals surface area contributed by atoms with Gasteiger partial charge in [0.15, 0.2) is 0 Å². The van der Waals surface area contributed by atoms with Gasteiger partial charge in [0.1, 0.15) is 41.9 Å². The first-order valence-electron chi connectivity index (χ1n) is 15.4. The molecule has 47 heavy (non-hydrogen) atoms. The summed E-state index contributed by atoms with van der Waals surface area (Å²) in [6.07, 6.45) is -0.929. The molecule has 3 aromatic carbocycles. The van der Waals surface area contributed by atoms with Crippen molar-refractivity contribution in [1.29, 1.82) is 0 Å². The van der Waals surface area contributed by atoms with E-state index >= 15 is 0 Å². The lowest BCUT2D eigenvalue weighted by Gasteiger charge is -2.36. The molecule has 0 aliphatic carbocycles. The number of anilines is 1. The Morgan fingerprint density at radius 1 is 0.872 bits per heavy atom. The molecule has 1 unspecified atom stereocenters. The number of halogens is 3. The predicted molar refractivity (Wildman–Crippen MR) is 166 cm³/mol. The Kier molecular flexibility index (Phi) is 9.66. The van der Waals surface area contributed by atoms with Crippen molar-refractivity contribution in [3.8, 4) is 29.0 Å². The second kappa shape index (κ2) is 14.2. The van der Waals surface area contributed by atoms with Gasteiger partial charge in [0.2, 0.25) is 0 Å². The molecule has 248 valence electrons. The van der Waals surface area contributed by atoms with Crippen LogP contribution in [0.15, 0.2) is 79.0 Å². The number of nitro groups is 1. The molecule has 1 atom stereocenters. The number of ether oxygens (including phenoxy) is 4. The maximum absolute atomic E-state index is 12.3. The highest BCUT2D eigenvalue weighted by molar-refractivity contribution is 5.49. The summed E-state index contributed by atoms with van der Waals surface area (Å²) in [7, 11) is 0. The van der Waals surface area contributed by atoms with Crippen molar-refractivity contribution in [2.24, 2.45) is 0 Å². The van der Waals surface area contributed by atoms with Crippen LogP contribution in [-0.2, 0) is 13.0 Å². The first-order chi connectivity index (χ1) is 22.7. The number of imidazole rings is 1. The summed E-state index contributed by atoms with van der Waals surface area (Å²) in [6, 6.07) is 21.3. The van der Waals surface area contributed by atoms with Crippen molar-refractivity contribution in [3.05, 3.63) is 94.7 Å². The number of nitrogens with zero attached hydrogens (tertiary/aromatic N) is 5. The van der Waals surface area contributed by atoms with Crippen molar-refractivity contribution in [3.63, 3.8) is 0 Å². The number of hydrogen-bond donors (Lipinski definition) is 0. The Bertz CT molecular complexity index is 1620. The van der Waals surface area contributed by atoms with E-state index in [1.54, 1.807) is 4.57 Å². The summed E-state index contributed by atoms with van der Waals surface area (Å²) < 4.78 is 60.0. The maximum Gasteiger partial charge on any atom is 0.573 e. The molecule has 0 N–H and O–H groups in total. The van der Waals surface area contributed by atoms with Crippen LogP contribution in [0.5, 0.6) is 29.0 Å². The largest absolute Gasteiger partial charge is 0.573 e. The summed E-state index contributed by atoms with van der Waals surface area (Å²) >= 11 is 0. The quantitative estimate of drug-likeness (QED) is 0.126. The van der Waals surface area contributed by atoms with E-state index in [1.165, 1.54) is 36.0 Å². The first kappa shape index (κ1) is 32.0. The van der Waals surface area contributed by atoms with E-state index in [9.17, 15) is 23.3 Å². The lowest BCUT2D eigenvalue weighted by Crippen LogP contribution is -2.46. The van der Waals surface area contributed by atoms with E-state index in [4.69, 9.17) is 14.2 Å². The van der Waals surface area contributed by atoms with E-state index in [0.29, 0.717) is 31.1 Å². The maximum atomic E-state index is 12.3. The minimum Gasteiger partial charge on any atom is -0.490 e. The number of benzene rings is 3. The number of aromatic nitrogens is 2. The molecule has 0 spiro atoms. The van der Waals surface area contributed by atoms with Crippen molar-refractivity contribution in [2.75, 3.05) is 44.2 Å². The van der Waals surface area contributed by atoms with E-state index < -0.39 is 11.3 Å². The number of piperazine rings is 1. The summed E-state index contributed by atoms with van der Waals surface area (Å²) in [5.74, 6) is 1.26. The molecule has 6 rings (SSSR count). The van der Waals surface area contributed by atoms with E-state index in [-0.39, 0.29) is 23.7 Å². The van der Waals surface area contributed by atoms with Gasteiger partial charge in [-0.2, -0.15) is 0 Å². The summed E-state index contributed by atoms with van der Waals surface area (Å²) in [5, 5.41) is 11.0. The average molecular weight is 654 g/mol. The Morgan fingerprint density at radius 2 is 1.51 bits per heavy atom. The van der Waals surface area contributed by atoms with E-state index in [0.717, 1.165) is 57.0 Å². The van der Waals surface area contributed by atoms with Gasteiger partial charge in [-0.1, -0.05) is 12.1 Å². The molecule has 3 heterocycles. The van der Waals surface area contributed by atoms with E-state index in [2.05, 4.69) is 31.7 Å². The molecule has 0 bridgehead atoms. The highest BCUT2D eigenvalue weighted by Crippen LogP contribution is 2.28. The molecule has 2 aliphatic heterocycles. The van der Waals surface area contributed by atoms with Crippen LogP contribution in [0.2, 0.25) is 0 Å². The number of hydrogen-bond acceptors (Lipinski definition) is 9. The molecule has 11 nitrogen and oxygen atoms in total. The molecule has 14 heteroatoms. The zero-order valence-electron chi connectivity index (χ0n) is 25.5. The van der Waals surface area contributed by atoms with Gasteiger partial charge >= 0.3 is 18.2 Å². The standard InChI is InChI=1S/C33H34F3N5O6/c34-33(35,36)47-29-13-11-28(12-14-29)45-27-7-3-24(4-8-27)2-1-16-38-18-20-39(21-19-38)25-5-9-26(10-6-25)44-23-30-15-17-40-22-31(41(42)43)37-32(40)46-30/h3-14,22,30H,1-2,15-21,23H2. The SMILES string of the molecule is O=[N+]([O-])c1cn2c(n1)OC(COc1ccc(N3CCN(CCCc4ccc(Oc5ccc(OC(F)(F)F)cc5)cc4)CC3)cc1)CC2. The third-order valence-corrected chi connectivity index (χ3v) is 8.04. The molecule has 1 fully saturated rings. The molecule has 2 aliphatic rings. The predicted octanol–water partition coefficient (Wildman–Crippen LogP) is 6.47. The normalized spacial score (nSPS) is 16.7. The Balaban J connectivity index is 0.876. The average Bonchev–Trinajstić information content (AvgIpc) is 3.50. The highest BCUT2D eigenvalue weighted by Gasteiger charge is 2.31. The van der Waals surface area contributed by atoms with Crippen LogP contribution >= 0.6 is 0 Å². The van der Waals surface area contributed by atoms with Gasteiger partial charge in [-0.3, -0.25) is 9.47 Å². The van der Waals surface area contributed by atoms with Gasteiger partial charge < -0.3 is 34.0 Å². The lowest BCUT2D eigenvalue weighted by atomic mass is 10.1. The molecule has 1 aromatic heterocycles. The Morgan fingerprint density at radius 3 is 2.17 bits per heavy atom. The second-order valence-electron chi connectivity index (χ2n) is 11.4. The fourth-order valence-electron chi connectivity index (χ4n) is 5.58. The molecule has 1 saturated heterocycles. The molecule has 0 amide bonds. The molecular weight excluding hydrogens is 619 g/mol. The second-order valence-corrected chi connectivity index (χ2v) is 11.4. The van der Waals surface area contributed by atoms with Crippen molar-refractivity contribution >= 4 is 11.5 Å². The van der Waals surface area contributed by atoms with Crippen LogP contribution < -0.4 is 23.8 Å². The zero-order valence-corrected chi connectivity index (χ0v) is 25.5.